The molecular formula is C29H39FN2O6. The number of rotatable bonds is 11. The first-order valence-corrected chi connectivity index (χ1v) is 13.4. The minimum Gasteiger partial charge on any atom is -0.493 e. The number of carbonyl (C=O) groups is 1. The van der Waals surface area contributed by atoms with E-state index in [9.17, 15) is 14.3 Å². The number of hydrogen-bond acceptors (Lipinski definition) is 7. The lowest BCUT2D eigenvalue weighted by molar-refractivity contribution is -0.130. The van der Waals surface area contributed by atoms with Crippen molar-refractivity contribution in [3.8, 4) is 17.2 Å². The van der Waals surface area contributed by atoms with Crippen molar-refractivity contribution in [3.05, 3.63) is 53.8 Å². The summed E-state index contributed by atoms with van der Waals surface area (Å²) in [6.07, 6.45) is 4.60. The van der Waals surface area contributed by atoms with Crippen molar-refractivity contribution in [1.29, 1.82) is 0 Å². The quantitative estimate of drug-likeness (QED) is 0.444. The Labute approximate surface area is 224 Å². The van der Waals surface area contributed by atoms with Gasteiger partial charge < -0.3 is 29.0 Å². The Morgan fingerprint density at radius 3 is 2.71 bits per heavy atom. The maximum Gasteiger partial charge on any atom is 0.222 e. The summed E-state index contributed by atoms with van der Waals surface area (Å²) in [7, 11) is 1.62. The third kappa shape index (κ3) is 8.31. The summed E-state index contributed by atoms with van der Waals surface area (Å²) in [6, 6.07) is 11.6. The third-order valence-corrected chi connectivity index (χ3v) is 6.90. The predicted molar refractivity (Wildman–Crippen MR) is 141 cm³/mol. The van der Waals surface area contributed by atoms with E-state index in [-0.39, 0.29) is 24.9 Å². The lowest BCUT2D eigenvalue weighted by Gasteiger charge is -2.30. The number of β-amino-alcohol motifs (C(OH)–C–C–N with tert-alkyl or cyclic N) is 1. The minimum absolute atomic E-state index is 0.0360. The van der Waals surface area contributed by atoms with Crippen LogP contribution in [0.4, 0.5) is 4.39 Å². The summed E-state index contributed by atoms with van der Waals surface area (Å²) in [5.41, 5.74) is -0.180. The number of benzene rings is 2. The molecule has 38 heavy (non-hydrogen) atoms. The molecule has 4 rings (SSSR count). The fourth-order valence-electron chi connectivity index (χ4n) is 4.87. The molecule has 0 radical (unpaired) electrons. The average Bonchev–Trinajstić information content (AvgIpc) is 3.24. The Morgan fingerprint density at radius 1 is 1.05 bits per heavy atom. The molecule has 1 amide bonds. The van der Waals surface area contributed by atoms with Crippen molar-refractivity contribution in [3.63, 3.8) is 0 Å². The van der Waals surface area contributed by atoms with Crippen molar-refractivity contribution in [2.75, 3.05) is 59.7 Å². The predicted octanol–water partition coefficient (Wildman–Crippen LogP) is 3.65. The molecule has 1 atom stereocenters. The second-order valence-corrected chi connectivity index (χ2v) is 10.1. The van der Waals surface area contributed by atoms with E-state index < -0.39 is 5.60 Å². The molecule has 8 nitrogen and oxygen atoms in total. The van der Waals surface area contributed by atoms with E-state index in [0.717, 1.165) is 37.8 Å². The Hall–Kier alpha value is -2.88. The number of nitrogens with zero attached hydrogens (tertiary/aromatic N) is 2. The molecule has 2 fully saturated rings. The van der Waals surface area contributed by atoms with Crippen LogP contribution in [0.3, 0.4) is 0 Å². The number of carbonyl (C=O) groups excluding carboxylic acids is 1. The standard InChI is InChI=1S/C29H39FN2O6/c1-35-27-18-23(7-12-26(27)37-16-5-14-32-13-4-2-3-6-28(32)33)19-31-15-17-36-21-29(34,20-31)22-38-25-10-8-24(30)9-11-25/h7-12,18,34H,2-6,13-17,19-22H2,1H3. The van der Waals surface area contributed by atoms with E-state index in [4.69, 9.17) is 18.9 Å². The van der Waals surface area contributed by atoms with E-state index in [0.29, 0.717) is 63.1 Å². The van der Waals surface area contributed by atoms with Crippen LogP contribution >= 0.6 is 0 Å². The summed E-state index contributed by atoms with van der Waals surface area (Å²) in [5, 5.41) is 11.2. The van der Waals surface area contributed by atoms with Crippen LogP contribution in [0.5, 0.6) is 17.2 Å². The second kappa shape index (κ2) is 13.8. The summed E-state index contributed by atoms with van der Waals surface area (Å²) < 4.78 is 36.1. The van der Waals surface area contributed by atoms with Crippen molar-refractivity contribution in [1.82, 2.24) is 9.80 Å². The van der Waals surface area contributed by atoms with E-state index in [2.05, 4.69) is 4.90 Å². The average molecular weight is 531 g/mol. The highest BCUT2D eigenvalue weighted by Gasteiger charge is 2.33. The van der Waals surface area contributed by atoms with Crippen LogP contribution in [0.2, 0.25) is 0 Å². The molecule has 2 aliphatic rings. The van der Waals surface area contributed by atoms with Gasteiger partial charge in [0.05, 0.1) is 26.9 Å². The van der Waals surface area contributed by atoms with Gasteiger partial charge in [-0.05, 0) is 61.2 Å². The summed E-state index contributed by atoms with van der Waals surface area (Å²) in [6.45, 7) is 4.36. The van der Waals surface area contributed by atoms with Crippen LogP contribution in [-0.4, -0.2) is 86.1 Å². The Balaban J connectivity index is 1.29. The van der Waals surface area contributed by atoms with Crippen LogP contribution < -0.4 is 14.2 Å². The first kappa shape index (κ1) is 28.1. The summed E-state index contributed by atoms with van der Waals surface area (Å²) in [5.74, 6) is 1.72. The van der Waals surface area contributed by atoms with Gasteiger partial charge in [0.15, 0.2) is 11.5 Å². The Kier molecular flexibility index (Phi) is 10.2. The van der Waals surface area contributed by atoms with Crippen LogP contribution in [0.15, 0.2) is 42.5 Å². The zero-order valence-electron chi connectivity index (χ0n) is 22.2. The molecule has 2 saturated heterocycles. The minimum atomic E-state index is -1.20. The first-order chi connectivity index (χ1) is 18.4. The highest BCUT2D eigenvalue weighted by atomic mass is 19.1. The molecule has 0 spiro atoms. The summed E-state index contributed by atoms with van der Waals surface area (Å²) >= 11 is 0. The SMILES string of the molecule is COc1cc(CN2CCOCC(O)(COc3ccc(F)cc3)C2)ccc1OCCCN1CCCCCC1=O. The number of likely N-dealkylation sites (tertiary alicyclic amines) is 1. The van der Waals surface area contributed by atoms with E-state index >= 15 is 0 Å². The number of methoxy groups -OCH3 is 1. The molecule has 9 heteroatoms. The maximum atomic E-state index is 13.2. The number of ether oxygens (including phenoxy) is 4. The number of halogens is 1. The van der Waals surface area contributed by atoms with Crippen molar-refractivity contribution >= 4 is 5.91 Å². The normalized spacial score (nSPS) is 21.0. The Bertz CT molecular complexity index is 1040. The highest BCUT2D eigenvalue weighted by Crippen LogP contribution is 2.29. The molecule has 2 aromatic carbocycles. The fraction of sp³-hybridized carbons (Fsp3) is 0.552. The molecule has 0 saturated carbocycles. The van der Waals surface area contributed by atoms with Crippen LogP contribution in [0.25, 0.3) is 0 Å². The van der Waals surface area contributed by atoms with Crippen LogP contribution in [0, 0.1) is 5.82 Å². The molecule has 1 N–H and O–H groups in total. The lowest BCUT2D eigenvalue weighted by Crippen LogP contribution is -2.48. The summed E-state index contributed by atoms with van der Waals surface area (Å²) in [4.78, 5) is 16.2. The molecule has 208 valence electrons. The highest BCUT2D eigenvalue weighted by molar-refractivity contribution is 5.76. The monoisotopic (exact) mass is 530 g/mol. The van der Waals surface area contributed by atoms with Gasteiger partial charge in [0, 0.05) is 39.1 Å². The molecule has 2 aromatic rings. The molecule has 0 aromatic heterocycles. The molecule has 0 bridgehead atoms. The van der Waals surface area contributed by atoms with E-state index in [1.807, 2.05) is 23.1 Å². The largest absolute Gasteiger partial charge is 0.493 e. The zero-order valence-corrected chi connectivity index (χ0v) is 22.2. The fourth-order valence-corrected chi connectivity index (χ4v) is 4.87. The smallest absolute Gasteiger partial charge is 0.222 e. The van der Waals surface area contributed by atoms with Crippen molar-refractivity contribution in [2.45, 2.75) is 44.2 Å². The van der Waals surface area contributed by atoms with Gasteiger partial charge in [-0.1, -0.05) is 12.5 Å². The molecule has 2 heterocycles. The van der Waals surface area contributed by atoms with Crippen molar-refractivity contribution in [2.24, 2.45) is 0 Å². The van der Waals surface area contributed by atoms with Gasteiger partial charge in [-0.3, -0.25) is 9.69 Å². The van der Waals surface area contributed by atoms with Gasteiger partial charge in [0.2, 0.25) is 5.91 Å². The van der Waals surface area contributed by atoms with Gasteiger partial charge in [-0.25, -0.2) is 4.39 Å². The van der Waals surface area contributed by atoms with Gasteiger partial charge in [-0.2, -0.15) is 0 Å². The second-order valence-electron chi connectivity index (χ2n) is 10.1. The third-order valence-electron chi connectivity index (χ3n) is 6.90. The maximum absolute atomic E-state index is 13.2. The van der Waals surface area contributed by atoms with Crippen LogP contribution in [0.1, 0.15) is 37.7 Å². The van der Waals surface area contributed by atoms with Gasteiger partial charge in [-0.15, -0.1) is 0 Å². The Morgan fingerprint density at radius 2 is 1.89 bits per heavy atom. The van der Waals surface area contributed by atoms with Crippen molar-refractivity contribution < 1.29 is 33.2 Å². The van der Waals surface area contributed by atoms with E-state index in [1.54, 1.807) is 19.2 Å². The zero-order chi connectivity index (χ0) is 26.8. The molecule has 2 aliphatic heterocycles. The first-order valence-electron chi connectivity index (χ1n) is 13.4. The molecule has 0 aliphatic carbocycles. The number of amides is 1. The number of aliphatic hydroxyl groups is 1. The van der Waals surface area contributed by atoms with Gasteiger partial charge in [0.25, 0.3) is 0 Å². The van der Waals surface area contributed by atoms with Gasteiger partial charge >= 0.3 is 0 Å². The topological polar surface area (TPSA) is 80.7 Å². The van der Waals surface area contributed by atoms with Crippen LogP contribution in [-0.2, 0) is 16.1 Å². The lowest BCUT2D eigenvalue weighted by atomic mass is 10.1. The van der Waals surface area contributed by atoms with Gasteiger partial charge in [0.1, 0.15) is 23.8 Å². The molecular weight excluding hydrogens is 491 g/mol. The number of hydrogen-bond donors (Lipinski definition) is 1. The van der Waals surface area contributed by atoms with E-state index in [1.165, 1.54) is 12.1 Å². The molecule has 1 unspecified atom stereocenters.